The third-order valence-electron chi connectivity index (χ3n) is 4.42. The number of benzene rings is 2. The molecule has 1 amide bonds. The van der Waals surface area contributed by atoms with Crippen LogP contribution < -0.4 is 9.47 Å². The van der Waals surface area contributed by atoms with Crippen molar-refractivity contribution in [3.63, 3.8) is 0 Å². The molecule has 0 radical (unpaired) electrons. The lowest BCUT2D eigenvalue weighted by molar-refractivity contribution is -0.130. The normalized spacial score (nSPS) is 17.2. The van der Waals surface area contributed by atoms with Gasteiger partial charge in [-0.1, -0.05) is 24.3 Å². The standard InChI is InChI=1S/C20H23NO3S/c1-23-17-7-3-15(4-8-17)13-20(22)21-11-12-25-19(14-21)16-5-9-18(24-2)10-6-16/h3-10,19H,11-14H2,1-2H3. The van der Waals surface area contributed by atoms with E-state index in [2.05, 4.69) is 12.1 Å². The highest BCUT2D eigenvalue weighted by Gasteiger charge is 2.25. The van der Waals surface area contributed by atoms with Gasteiger partial charge in [0.1, 0.15) is 11.5 Å². The van der Waals surface area contributed by atoms with Crippen LogP contribution in [0.4, 0.5) is 0 Å². The summed E-state index contributed by atoms with van der Waals surface area (Å²) in [4.78, 5) is 14.6. The lowest BCUT2D eigenvalue weighted by atomic mass is 10.1. The summed E-state index contributed by atoms with van der Waals surface area (Å²) in [5, 5.41) is 0.319. The molecule has 0 spiro atoms. The molecular formula is C20H23NO3S. The van der Waals surface area contributed by atoms with Crippen LogP contribution in [0.15, 0.2) is 48.5 Å². The fourth-order valence-corrected chi connectivity index (χ4v) is 4.17. The number of thioether (sulfide) groups is 1. The van der Waals surface area contributed by atoms with E-state index in [-0.39, 0.29) is 5.91 Å². The Morgan fingerprint density at radius 1 is 1.04 bits per heavy atom. The summed E-state index contributed by atoms with van der Waals surface area (Å²) in [6, 6.07) is 15.8. The average molecular weight is 357 g/mol. The second-order valence-corrected chi connectivity index (χ2v) is 7.31. The van der Waals surface area contributed by atoms with Gasteiger partial charge in [-0.25, -0.2) is 0 Å². The topological polar surface area (TPSA) is 38.8 Å². The van der Waals surface area contributed by atoms with Crippen molar-refractivity contribution in [2.75, 3.05) is 33.1 Å². The maximum Gasteiger partial charge on any atom is 0.227 e. The van der Waals surface area contributed by atoms with Crippen molar-refractivity contribution in [2.24, 2.45) is 0 Å². The Kier molecular flexibility index (Phi) is 5.87. The molecule has 25 heavy (non-hydrogen) atoms. The lowest BCUT2D eigenvalue weighted by Gasteiger charge is -2.33. The molecule has 1 aliphatic rings. The predicted molar refractivity (Wildman–Crippen MR) is 101 cm³/mol. The van der Waals surface area contributed by atoms with E-state index in [1.807, 2.05) is 53.1 Å². The second kappa shape index (κ2) is 8.30. The van der Waals surface area contributed by atoms with Crippen LogP contribution in [0.3, 0.4) is 0 Å². The number of amides is 1. The quantitative estimate of drug-likeness (QED) is 0.820. The van der Waals surface area contributed by atoms with Crippen LogP contribution >= 0.6 is 11.8 Å². The van der Waals surface area contributed by atoms with Gasteiger partial charge >= 0.3 is 0 Å². The molecule has 1 unspecified atom stereocenters. The molecule has 4 nitrogen and oxygen atoms in total. The lowest BCUT2D eigenvalue weighted by Crippen LogP contribution is -2.40. The summed E-state index contributed by atoms with van der Waals surface area (Å²) >= 11 is 1.91. The van der Waals surface area contributed by atoms with E-state index >= 15 is 0 Å². The van der Waals surface area contributed by atoms with Crippen LogP contribution in [-0.4, -0.2) is 43.9 Å². The van der Waals surface area contributed by atoms with Gasteiger partial charge in [-0.05, 0) is 35.4 Å². The van der Waals surface area contributed by atoms with Crippen molar-refractivity contribution >= 4 is 17.7 Å². The molecule has 0 saturated carbocycles. The van der Waals surface area contributed by atoms with Gasteiger partial charge in [-0.15, -0.1) is 0 Å². The highest BCUT2D eigenvalue weighted by Crippen LogP contribution is 2.34. The van der Waals surface area contributed by atoms with Gasteiger partial charge in [0.05, 0.1) is 20.6 Å². The van der Waals surface area contributed by atoms with Crippen molar-refractivity contribution in [2.45, 2.75) is 11.7 Å². The first-order valence-electron chi connectivity index (χ1n) is 8.36. The van der Waals surface area contributed by atoms with E-state index in [4.69, 9.17) is 9.47 Å². The number of rotatable bonds is 5. The predicted octanol–water partition coefficient (Wildman–Crippen LogP) is 3.56. The van der Waals surface area contributed by atoms with E-state index in [0.29, 0.717) is 11.7 Å². The molecule has 1 atom stereocenters. The Morgan fingerprint density at radius 3 is 2.24 bits per heavy atom. The van der Waals surface area contributed by atoms with E-state index in [1.54, 1.807) is 14.2 Å². The van der Waals surface area contributed by atoms with E-state index in [1.165, 1.54) is 5.56 Å². The fraction of sp³-hybridized carbons (Fsp3) is 0.350. The number of carbonyl (C=O) groups excluding carboxylic acids is 1. The first kappa shape index (κ1) is 17.7. The summed E-state index contributed by atoms with van der Waals surface area (Å²) in [5.41, 5.74) is 2.26. The zero-order valence-electron chi connectivity index (χ0n) is 14.6. The zero-order valence-corrected chi connectivity index (χ0v) is 15.4. The molecule has 2 aromatic carbocycles. The summed E-state index contributed by atoms with van der Waals surface area (Å²) in [5.74, 6) is 2.82. The highest BCUT2D eigenvalue weighted by atomic mass is 32.2. The largest absolute Gasteiger partial charge is 0.497 e. The highest BCUT2D eigenvalue weighted by molar-refractivity contribution is 7.99. The fourth-order valence-electron chi connectivity index (χ4n) is 2.93. The maximum atomic E-state index is 12.7. The SMILES string of the molecule is COc1ccc(CC(=O)N2CCSC(c3ccc(OC)cc3)C2)cc1. The van der Waals surface area contributed by atoms with Crippen molar-refractivity contribution in [3.8, 4) is 11.5 Å². The molecule has 1 fully saturated rings. The maximum absolute atomic E-state index is 12.7. The van der Waals surface area contributed by atoms with Gasteiger partial charge in [0.2, 0.25) is 5.91 Å². The minimum atomic E-state index is 0.184. The number of ether oxygens (including phenoxy) is 2. The number of methoxy groups -OCH3 is 2. The molecule has 1 saturated heterocycles. The summed E-state index contributed by atoms with van der Waals surface area (Å²) in [6.07, 6.45) is 0.435. The number of hydrogen-bond acceptors (Lipinski definition) is 4. The molecule has 3 rings (SSSR count). The molecule has 0 N–H and O–H groups in total. The third kappa shape index (κ3) is 4.48. The molecule has 5 heteroatoms. The summed E-state index contributed by atoms with van der Waals surface area (Å²) in [6.45, 7) is 1.57. The van der Waals surface area contributed by atoms with Crippen LogP contribution in [0.2, 0.25) is 0 Å². The van der Waals surface area contributed by atoms with Crippen molar-refractivity contribution < 1.29 is 14.3 Å². The van der Waals surface area contributed by atoms with Crippen molar-refractivity contribution in [1.82, 2.24) is 4.90 Å². The minimum Gasteiger partial charge on any atom is -0.497 e. The monoisotopic (exact) mass is 357 g/mol. The Balaban J connectivity index is 1.62. The van der Waals surface area contributed by atoms with Gasteiger partial charge in [0, 0.05) is 24.1 Å². The van der Waals surface area contributed by atoms with Crippen LogP contribution in [-0.2, 0) is 11.2 Å². The Hall–Kier alpha value is -2.14. The van der Waals surface area contributed by atoms with Crippen molar-refractivity contribution in [1.29, 1.82) is 0 Å². The van der Waals surface area contributed by atoms with Crippen molar-refractivity contribution in [3.05, 3.63) is 59.7 Å². The van der Waals surface area contributed by atoms with Gasteiger partial charge in [-0.3, -0.25) is 4.79 Å². The first-order chi connectivity index (χ1) is 12.2. The summed E-state index contributed by atoms with van der Waals surface area (Å²) < 4.78 is 10.4. The number of hydrogen-bond donors (Lipinski definition) is 0. The van der Waals surface area contributed by atoms with Crippen LogP contribution in [0.25, 0.3) is 0 Å². The third-order valence-corrected chi connectivity index (χ3v) is 5.66. The van der Waals surface area contributed by atoms with Crippen LogP contribution in [0.5, 0.6) is 11.5 Å². The van der Waals surface area contributed by atoms with Gasteiger partial charge in [0.15, 0.2) is 0 Å². The molecule has 0 aromatic heterocycles. The van der Waals surface area contributed by atoms with Gasteiger partial charge in [-0.2, -0.15) is 11.8 Å². The first-order valence-corrected chi connectivity index (χ1v) is 9.40. The Morgan fingerprint density at radius 2 is 1.64 bits per heavy atom. The molecule has 1 aliphatic heterocycles. The Bertz CT molecular complexity index is 700. The smallest absolute Gasteiger partial charge is 0.227 e. The molecular weight excluding hydrogens is 334 g/mol. The summed E-state index contributed by atoms with van der Waals surface area (Å²) in [7, 11) is 3.31. The molecule has 132 valence electrons. The van der Waals surface area contributed by atoms with Crippen LogP contribution in [0, 0.1) is 0 Å². The van der Waals surface area contributed by atoms with Crippen LogP contribution in [0.1, 0.15) is 16.4 Å². The average Bonchev–Trinajstić information content (AvgIpc) is 2.68. The van der Waals surface area contributed by atoms with Gasteiger partial charge < -0.3 is 14.4 Å². The van der Waals surface area contributed by atoms with Gasteiger partial charge in [0.25, 0.3) is 0 Å². The zero-order chi connectivity index (χ0) is 17.6. The molecule has 1 heterocycles. The molecule has 0 bridgehead atoms. The molecule has 2 aromatic rings. The molecule has 0 aliphatic carbocycles. The van der Waals surface area contributed by atoms with E-state index in [0.717, 1.165) is 35.9 Å². The Labute approximate surface area is 153 Å². The van der Waals surface area contributed by atoms with E-state index in [9.17, 15) is 4.79 Å². The minimum absolute atomic E-state index is 0.184. The number of carbonyl (C=O) groups is 1. The van der Waals surface area contributed by atoms with E-state index < -0.39 is 0 Å². The second-order valence-electron chi connectivity index (χ2n) is 6.00. The number of nitrogens with zero attached hydrogens (tertiary/aromatic N) is 1.